The van der Waals surface area contributed by atoms with E-state index in [0.717, 1.165) is 11.1 Å². The summed E-state index contributed by atoms with van der Waals surface area (Å²) in [7, 11) is -3.20. The Kier molecular flexibility index (Phi) is 9.04. The SMILES string of the molecule is CCNC(=NCc1cccc(OCC(F)F)c1)NCCc1ccc(S(C)(=O)=O)cc1. The number of nitrogens with one attached hydrogen (secondary N) is 2. The first-order chi connectivity index (χ1) is 14.3. The quantitative estimate of drug-likeness (QED) is 0.439. The number of rotatable bonds is 10. The van der Waals surface area contributed by atoms with Crippen molar-refractivity contribution in [1.29, 1.82) is 0 Å². The number of nitrogens with zero attached hydrogens (tertiary/aromatic N) is 1. The highest BCUT2D eigenvalue weighted by molar-refractivity contribution is 7.90. The zero-order valence-electron chi connectivity index (χ0n) is 17.1. The Bertz CT molecular complexity index is 933. The van der Waals surface area contributed by atoms with Crippen LogP contribution in [0.4, 0.5) is 8.78 Å². The Morgan fingerprint density at radius 1 is 1.10 bits per heavy atom. The van der Waals surface area contributed by atoms with Crippen molar-refractivity contribution < 1.29 is 21.9 Å². The van der Waals surface area contributed by atoms with Crippen LogP contribution in [0, 0.1) is 0 Å². The third-order valence-electron chi connectivity index (χ3n) is 4.10. The molecule has 2 aromatic rings. The predicted molar refractivity (Wildman–Crippen MR) is 114 cm³/mol. The molecule has 0 fully saturated rings. The highest BCUT2D eigenvalue weighted by Crippen LogP contribution is 2.15. The average molecular weight is 440 g/mol. The van der Waals surface area contributed by atoms with E-state index in [1.165, 1.54) is 6.26 Å². The lowest BCUT2D eigenvalue weighted by Gasteiger charge is -2.12. The number of sulfone groups is 1. The van der Waals surface area contributed by atoms with Crippen molar-refractivity contribution in [3.05, 3.63) is 59.7 Å². The summed E-state index contributed by atoms with van der Waals surface area (Å²) in [5, 5.41) is 6.38. The standard InChI is InChI=1S/C21H27F2N3O3S/c1-3-24-21(25-12-11-16-7-9-19(10-8-16)30(2,27)28)26-14-17-5-4-6-18(13-17)29-15-20(22)23/h4-10,13,20H,3,11-12,14-15H2,1-2H3,(H2,24,25,26). The van der Waals surface area contributed by atoms with Crippen molar-refractivity contribution in [3.63, 3.8) is 0 Å². The molecule has 0 atom stereocenters. The molecule has 0 heterocycles. The van der Waals surface area contributed by atoms with Crippen LogP contribution in [0.3, 0.4) is 0 Å². The molecular formula is C21H27F2N3O3S. The van der Waals surface area contributed by atoms with Gasteiger partial charge >= 0.3 is 0 Å². The molecule has 0 unspecified atom stereocenters. The number of benzene rings is 2. The van der Waals surface area contributed by atoms with Gasteiger partial charge in [0.15, 0.2) is 15.8 Å². The van der Waals surface area contributed by atoms with E-state index in [2.05, 4.69) is 15.6 Å². The Morgan fingerprint density at radius 3 is 2.47 bits per heavy atom. The van der Waals surface area contributed by atoms with Crippen molar-refractivity contribution in [2.24, 2.45) is 4.99 Å². The fourth-order valence-electron chi connectivity index (χ4n) is 2.63. The largest absolute Gasteiger partial charge is 0.488 e. The number of alkyl halides is 2. The lowest BCUT2D eigenvalue weighted by Crippen LogP contribution is -2.38. The van der Waals surface area contributed by atoms with Crippen molar-refractivity contribution >= 4 is 15.8 Å². The lowest BCUT2D eigenvalue weighted by atomic mass is 10.1. The first kappa shape index (κ1) is 23.6. The monoisotopic (exact) mass is 439 g/mol. The molecule has 0 radical (unpaired) electrons. The van der Waals surface area contributed by atoms with E-state index in [1.54, 1.807) is 42.5 Å². The summed E-state index contributed by atoms with van der Waals surface area (Å²) in [5.41, 5.74) is 1.85. The van der Waals surface area contributed by atoms with E-state index in [-0.39, 0.29) is 0 Å². The van der Waals surface area contributed by atoms with Gasteiger partial charge in [-0.1, -0.05) is 24.3 Å². The van der Waals surface area contributed by atoms with E-state index < -0.39 is 22.9 Å². The molecule has 0 saturated carbocycles. The fourth-order valence-corrected chi connectivity index (χ4v) is 3.26. The number of guanidine groups is 1. The van der Waals surface area contributed by atoms with Gasteiger partial charge in [-0.05, 0) is 48.7 Å². The molecule has 0 spiro atoms. The fraction of sp³-hybridized carbons (Fsp3) is 0.381. The van der Waals surface area contributed by atoms with Gasteiger partial charge in [-0.25, -0.2) is 22.2 Å². The van der Waals surface area contributed by atoms with Gasteiger partial charge in [0.25, 0.3) is 6.43 Å². The summed E-state index contributed by atoms with van der Waals surface area (Å²) in [4.78, 5) is 4.81. The van der Waals surface area contributed by atoms with Crippen LogP contribution >= 0.6 is 0 Å². The minimum absolute atomic E-state index is 0.300. The van der Waals surface area contributed by atoms with Crippen LogP contribution in [0.5, 0.6) is 5.75 Å². The maximum atomic E-state index is 12.3. The van der Waals surface area contributed by atoms with Gasteiger partial charge in [0.05, 0.1) is 11.4 Å². The first-order valence-electron chi connectivity index (χ1n) is 9.59. The summed E-state index contributed by atoms with van der Waals surface area (Å²) < 4.78 is 52.6. The van der Waals surface area contributed by atoms with Crippen molar-refractivity contribution in [1.82, 2.24) is 10.6 Å². The Morgan fingerprint density at radius 2 is 1.83 bits per heavy atom. The molecule has 2 N–H and O–H groups in total. The Hall–Kier alpha value is -2.68. The summed E-state index contributed by atoms with van der Waals surface area (Å²) in [6, 6.07) is 13.7. The minimum atomic E-state index is -3.20. The number of hydrogen-bond donors (Lipinski definition) is 2. The maximum absolute atomic E-state index is 12.3. The molecule has 0 aromatic heterocycles. The van der Waals surface area contributed by atoms with Crippen LogP contribution < -0.4 is 15.4 Å². The van der Waals surface area contributed by atoms with E-state index in [9.17, 15) is 17.2 Å². The Balaban J connectivity index is 1.91. The summed E-state index contributed by atoms with van der Waals surface area (Å²) in [6.45, 7) is 2.99. The predicted octanol–water partition coefficient (Wildman–Crippen LogP) is 3.03. The molecule has 30 heavy (non-hydrogen) atoms. The first-order valence-corrected chi connectivity index (χ1v) is 11.5. The number of aliphatic imine (C=N–C) groups is 1. The molecule has 0 amide bonds. The molecule has 9 heteroatoms. The van der Waals surface area contributed by atoms with Crippen LogP contribution in [-0.4, -0.2) is 46.8 Å². The molecular weight excluding hydrogens is 412 g/mol. The molecule has 0 aliphatic rings. The summed E-state index contributed by atoms with van der Waals surface area (Å²) in [6.07, 6.45) is -0.631. The normalized spacial score (nSPS) is 12.1. The second kappa shape index (κ2) is 11.5. The smallest absolute Gasteiger partial charge is 0.272 e. The molecule has 0 aliphatic carbocycles. The van der Waals surface area contributed by atoms with Crippen molar-refractivity contribution in [3.8, 4) is 5.75 Å². The van der Waals surface area contributed by atoms with Gasteiger partial charge in [-0.15, -0.1) is 0 Å². The third kappa shape index (κ3) is 8.36. The Labute approximate surface area is 176 Å². The van der Waals surface area contributed by atoms with Gasteiger partial charge in [-0.2, -0.15) is 0 Å². The number of halogens is 2. The minimum Gasteiger partial charge on any atom is -0.488 e. The molecule has 6 nitrogen and oxygen atoms in total. The van der Waals surface area contributed by atoms with Crippen molar-refractivity contribution in [2.75, 3.05) is 26.0 Å². The summed E-state index contributed by atoms with van der Waals surface area (Å²) in [5.74, 6) is 1.02. The molecule has 0 saturated heterocycles. The maximum Gasteiger partial charge on any atom is 0.272 e. The van der Waals surface area contributed by atoms with E-state index in [4.69, 9.17) is 4.74 Å². The van der Waals surface area contributed by atoms with E-state index in [1.807, 2.05) is 13.0 Å². The third-order valence-corrected chi connectivity index (χ3v) is 5.22. The van der Waals surface area contributed by atoms with Crippen molar-refractivity contribution in [2.45, 2.75) is 31.2 Å². The molecule has 2 aromatic carbocycles. The van der Waals surface area contributed by atoms with Crippen LogP contribution in [0.2, 0.25) is 0 Å². The molecule has 0 bridgehead atoms. The second-order valence-corrected chi connectivity index (χ2v) is 8.65. The van der Waals surface area contributed by atoms with Gasteiger partial charge in [0.2, 0.25) is 0 Å². The van der Waals surface area contributed by atoms with Crippen LogP contribution in [0.15, 0.2) is 58.4 Å². The number of ether oxygens (including phenoxy) is 1. The van der Waals surface area contributed by atoms with Gasteiger partial charge in [0, 0.05) is 19.3 Å². The van der Waals surface area contributed by atoms with Gasteiger partial charge < -0.3 is 15.4 Å². The van der Waals surface area contributed by atoms with Crippen LogP contribution in [-0.2, 0) is 22.8 Å². The molecule has 2 rings (SSSR count). The van der Waals surface area contributed by atoms with Gasteiger partial charge in [0.1, 0.15) is 12.4 Å². The zero-order valence-corrected chi connectivity index (χ0v) is 17.9. The highest BCUT2D eigenvalue weighted by atomic mass is 32.2. The van der Waals surface area contributed by atoms with Gasteiger partial charge in [-0.3, -0.25) is 0 Å². The lowest BCUT2D eigenvalue weighted by molar-refractivity contribution is 0.0818. The highest BCUT2D eigenvalue weighted by Gasteiger charge is 2.07. The van der Waals surface area contributed by atoms with Crippen LogP contribution in [0.1, 0.15) is 18.1 Å². The summed E-state index contributed by atoms with van der Waals surface area (Å²) >= 11 is 0. The van der Waals surface area contributed by atoms with E-state index >= 15 is 0 Å². The zero-order chi connectivity index (χ0) is 22.0. The molecule has 0 aliphatic heterocycles. The topological polar surface area (TPSA) is 79.8 Å². The number of hydrogen-bond acceptors (Lipinski definition) is 4. The molecule has 164 valence electrons. The van der Waals surface area contributed by atoms with E-state index in [0.29, 0.717) is 42.7 Å². The average Bonchev–Trinajstić information content (AvgIpc) is 2.70. The second-order valence-electron chi connectivity index (χ2n) is 6.64. The van der Waals surface area contributed by atoms with Crippen LogP contribution in [0.25, 0.3) is 0 Å².